The Morgan fingerprint density at radius 3 is 2.61 bits per heavy atom. The fourth-order valence-electron chi connectivity index (χ4n) is 3.87. The number of Topliss-reactive ketones (excluding diaryl/α,β-unsaturated/α-hetero) is 1. The highest BCUT2D eigenvalue weighted by Gasteiger charge is 2.25. The number of carbonyl (C=O) groups is 1. The Bertz CT molecular complexity index is 1350. The third-order valence-electron chi connectivity index (χ3n) is 5.14. The van der Waals surface area contributed by atoms with Gasteiger partial charge in [-0.05, 0) is 36.1 Å². The predicted molar refractivity (Wildman–Crippen MR) is 108 cm³/mol. The number of hydrogen-bond donors (Lipinski definition) is 1. The molecule has 5 nitrogen and oxygen atoms in total. The predicted octanol–water partition coefficient (Wildman–Crippen LogP) is 4.91. The van der Waals surface area contributed by atoms with E-state index >= 15 is 0 Å². The first-order valence-electron chi connectivity index (χ1n) is 9.12. The fraction of sp³-hybridized carbons (Fsp3) is 0.136. The third kappa shape index (κ3) is 2.68. The number of aryl methyl sites for hydroxylation is 1. The van der Waals surface area contributed by atoms with Crippen molar-refractivity contribution in [2.24, 2.45) is 0 Å². The smallest absolute Gasteiger partial charge is 0.262 e. The van der Waals surface area contributed by atoms with Crippen LogP contribution in [-0.2, 0) is 16.4 Å². The van der Waals surface area contributed by atoms with Crippen LogP contribution in [0.15, 0.2) is 70.0 Å². The molecule has 1 aliphatic rings. The van der Waals surface area contributed by atoms with E-state index in [1.54, 1.807) is 36.4 Å². The summed E-state index contributed by atoms with van der Waals surface area (Å²) >= 11 is 0. The molecule has 0 saturated heterocycles. The van der Waals surface area contributed by atoms with Gasteiger partial charge in [0.15, 0.2) is 5.78 Å². The van der Waals surface area contributed by atoms with Crippen LogP contribution in [0.1, 0.15) is 29.0 Å². The Hall–Kier alpha value is -3.12. The molecule has 0 unspecified atom stereocenters. The molecule has 5 rings (SSSR count). The van der Waals surface area contributed by atoms with Crippen LogP contribution < -0.4 is 4.72 Å². The van der Waals surface area contributed by atoms with Crippen LogP contribution in [0.3, 0.4) is 0 Å². The first-order valence-corrected chi connectivity index (χ1v) is 10.6. The minimum atomic E-state index is -3.79. The van der Waals surface area contributed by atoms with Crippen molar-refractivity contribution in [2.75, 3.05) is 4.72 Å². The SMILES string of the molecule is O=C1CCCc2oc3ccc(NS(=O)(=O)c4cccc5ccccc45)cc3c21. The molecular formula is C22H17NO4S. The molecule has 0 bridgehead atoms. The van der Waals surface area contributed by atoms with Crippen LogP contribution in [0.4, 0.5) is 5.69 Å². The monoisotopic (exact) mass is 391 g/mol. The zero-order valence-corrected chi connectivity index (χ0v) is 15.8. The minimum Gasteiger partial charge on any atom is -0.460 e. The first-order chi connectivity index (χ1) is 13.5. The number of hydrogen-bond acceptors (Lipinski definition) is 4. The van der Waals surface area contributed by atoms with Gasteiger partial charge in [-0.1, -0.05) is 36.4 Å². The normalized spacial score (nSPS) is 14.4. The van der Waals surface area contributed by atoms with Gasteiger partial charge in [-0.2, -0.15) is 0 Å². The number of benzene rings is 3. The summed E-state index contributed by atoms with van der Waals surface area (Å²) < 4.78 is 34.5. The van der Waals surface area contributed by atoms with Crippen molar-refractivity contribution in [3.8, 4) is 0 Å². The summed E-state index contributed by atoms with van der Waals surface area (Å²) in [5, 5.41) is 2.18. The molecule has 0 saturated carbocycles. The Morgan fingerprint density at radius 2 is 1.71 bits per heavy atom. The van der Waals surface area contributed by atoms with E-state index in [1.165, 1.54) is 0 Å². The van der Waals surface area contributed by atoms with Crippen molar-refractivity contribution in [3.05, 3.63) is 72.0 Å². The Kier molecular flexibility index (Phi) is 3.77. The van der Waals surface area contributed by atoms with Gasteiger partial charge in [0.1, 0.15) is 11.3 Å². The second-order valence-electron chi connectivity index (χ2n) is 6.97. The molecule has 4 aromatic rings. The number of carbonyl (C=O) groups excluding carboxylic acids is 1. The van der Waals surface area contributed by atoms with E-state index in [0.29, 0.717) is 39.8 Å². The first kappa shape index (κ1) is 17.0. The lowest BCUT2D eigenvalue weighted by Gasteiger charge is -2.11. The number of sulfonamides is 1. The molecule has 0 atom stereocenters. The number of nitrogens with one attached hydrogen (secondary N) is 1. The molecule has 6 heteroatoms. The zero-order chi connectivity index (χ0) is 19.3. The lowest BCUT2D eigenvalue weighted by atomic mass is 9.94. The van der Waals surface area contributed by atoms with Crippen LogP contribution in [0.5, 0.6) is 0 Å². The van der Waals surface area contributed by atoms with Crippen molar-refractivity contribution < 1.29 is 17.6 Å². The lowest BCUT2D eigenvalue weighted by molar-refractivity contribution is 0.0971. The highest BCUT2D eigenvalue weighted by atomic mass is 32.2. The van der Waals surface area contributed by atoms with Gasteiger partial charge in [0.25, 0.3) is 10.0 Å². The van der Waals surface area contributed by atoms with Gasteiger partial charge in [0.2, 0.25) is 0 Å². The number of fused-ring (bicyclic) bond motifs is 4. The molecule has 0 fully saturated rings. The molecule has 0 radical (unpaired) electrons. The van der Waals surface area contributed by atoms with Gasteiger partial charge in [-0.25, -0.2) is 8.42 Å². The van der Waals surface area contributed by atoms with Crippen molar-refractivity contribution in [1.82, 2.24) is 0 Å². The molecule has 0 amide bonds. The second kappa shape index (κ2) is 6.21. The summed E-state index contributed by atoms with van der Waals surface area (Å²) in [6, 6.07) is 17.6. The van der Waals surface area contributed by atoms with E-state index in [2.05, 4.69) is 4.72 Å². The number of furan rings is 1. The van der Waals surface area contributed by atoms with Crippen LogP contribution in [0, 0.1) is 0 Å². The summed E-state index contributed by atoms with van der Waals surface area (Å²) in [4.78, 5) is 12.5. The van der Waals surface area contributed by atoms with Crippen molar-refractivity contribution in [2.45, 2.75) is 24.2 Å². The van der Waals surface area contributed by atoms with E-state index in [9.17, 15) is 13.2 Å². The molecule has 28 heavy (non-hydrogen) atoms. The van der Waals surface area contributed by atoms with Crippen LogP contribution in [-0.4, -0.2) is 14.2 Å². The summed E-state index contributed by atoms with van der Waals surface area (Å²) in [6.07, 6.45) is 2.01. The fourth-order valence-corrected chi connectivity index (χ4v) is 5.15. The van der Waals surface area contributed by atoms with Gasteiger partial charge in [0, 0.05) is 29.3 Å². The van der Waals surface area contributed by atoms with Crippen LogP contribution in [0.2, 0.25) is 0 Å². The number of rotatable bonds is 3. The number of ketones is 1. The average molecular weight is 391 g/mol. The Labute approximate surface area is 162 Å². The highest BCUT2D eigenvalue weighted by Crippen LogP contribution is 2.34. The minimum absolute atomic E-state index is 0.0501. The molecule has 1 heterocycles. The summed E-state index contributed by atoms with van der Waals surface area (Å²) in [5.74, 6) is 0.745. The maximum atomic E-state index is 13.0. The summed E-state index contributed by atoms with van der Waals surface area (Å²) in [6.45, 7) is 0. The Morgan fingerprint density at radius 1 is 0.893 bits per heavy atom. The van der Waals surface area contributed by atoms with Crippen molar-refractivity contribution >= 4 is 43.2 Å². The van der Waals surface area contributed by atoms with E-state index in [-0.39, 0.29) is 10.7 Å². The quantitative estimate of drug-likeness (QED) is 0.539. The molecule has 140 valence electrons. The third-order valence-corrected chi connectivity index (χ3v) is 6.58. The van der Waals surface area contributed by atoms with Gasteiger partial charge >= 0.3 is 0 Å². The molecule has 3 aromatic carbocycles. The van der Waals surface area contributed by atoms with E-state index in [0.717, 1.165) is 18.2 Å². The molecule has 1 aliphatic carbocycles. The summed E-state index contributed by atoms with van der Waals surface area (Å²) in [5.41, 5.74) is 1.60. The van der Waals surface area contributed by atoms with Crippen LogP contribution >= 0.6 is 0 Å². The topological polar surface area (TPSA) is 76.4 Å². The van der Waals surface area contributed by atoms with Gasteiger partial charge in [0.05, 0.1) is 10.5 Å². The van der Waals surface area contributed by atoms with Crippen molar-refractivity contribution in [3.63, 3.8) is 0 Å². The van der Waals surface area contributed by atoms with Crippen molar-refractivity contribution in [1.29, 1.82) is 0 Å². The average Bonchev–Trinajstić information content (AvgIpc) is 3.06. The zero-order valence-electron chi connectivity index (χ0n) is 14.9. The maximum absolute atomic E-state index is 13.0. The lowest BCUT2D eigenvalue weighted by Crippen LogP contribution is -2.13. The molecule has 0 spiro atoms. The second-order valence-corrected chi connectivity index (χ2v) is 8.62. The molecular weight excluding hydrogens is 374 g/mol. The standard InChI is InChI=1S/C22H17NO4S/c24-18-8-4-9-20-22(18)17-13-15(11-12-19(17)27-20)23-28(25,26)21-10-3-6-14-5-1-2-7-16(14)21/h1-3,5-7,10-13,23H,4,8-9H2. The van der Waals surface area contributed by atoms with E-state index < -0.39 is 10.0 Å². The van der Waals surface area contributed by atoms with Gasteiger partial charge in [-0.15, -0.1) is 0 Å². The van der Waals surface area contributed by atoms with E-state index in [4.69, 9.17) is 4.42 Å². The molecule has 1 N–H and O–H groups in total. The summed E-state index contributed by atoms with van der Waals surface area (Å²) in [7, 11) is -3.79. The van der Waals surface area contributed by atoms with Crippen LogP contribution in [0.25, 0.3) is 21.7 Å². The Balaban J connectivity index is 1.59. The highest BCUT2D eigenvalue weighted by molar-refractivity contribution is 7.93. The maximum Gasteiger partial charge on any atom is 0.262 e. The van der Waals surface area contributed by atoms with Gasteiger partial charge in [-0.3, -0.25) is 9.52 Å². The largest absolute Gasteiger partial charge is 0.460 e. The van der Waals surface area contributed by atoms with E-state index in [1.807, 2.05) is 24.3 Å². The number of anilines is 1. The van der Waals surface area contributed by atoms with Gasteiger partial charge < -0.3 is 4.42 Å². The molecule has 1 aromatic heterocycles. The molecule has 0 aliphatic heterocycles.